The Bertz CT molecular complexity index is 630. The van der Waals surface area contributed by atoms with Crippen LogP contribution in [0.1, 0.15) is 28.6 Å². The van der Waals surface area contributed by atoms with Crippen molar-refractivity contribution in [2.75, 3.05) is 20.2 Å². The number of esters is 1. The van der Waals surface area contributed by atoms with Gasteiger partial charge in [-0.25, -0.2) is 4.79 Å². The molecule has 1 aromatic carbocycles. The molecule has 0 spiro atoms. The van der Waals surface area contributed by atoms with Crippen LogP contribution in [0.25, 0.3) is 11.0 Å². The third-order valence-electron chi connectivity index (χ3n) is 3.55. The lowest BCUT2D eigenvalue weighted by atomic mass is 10.0. The van der Waals surface area contributed by atoms with Gasteiger partial charge in [-0.15, -0.1) is 0 Å². The van der Waals surface area contributed by atoms with Crippen LogP contribution in [0.2, 0.25) is 0 Å². The largest absolute Gasteiger partial charge is 0.460 e. The fraction of sp³-hybridized carbons (Fsp3) is 0.400. The van der Waals surface area contributed by atoms with Crippen LogP contribution < -0.4 is 0 Å². The SMILES string of the molecule is CCOC(=O)c1oc2cccc3c2c1CN(C)CC3. The molecule has 2 heterocycles. The van der Waals surface area contributed by atoms with Crippen LogP contribution >= 0.6 is 0 Å². The highest BCUT2D eigenvalue weighted by molar-refractivity contribution is 5.97. The van der Waals surface area contributed by atoms with Crippen molar-refractivity contribution in [1.29, 1.82) is 0 Å². The molecule has 19 heavy (non-hydrogen) atoms. The van der Waals surface area contributed by atoms with Crippen LogP contribution in [0, 0.1) is 0 Å². The molecule has 0 saturated heterocycles. The Kier molecular flexibility index (Phi) is 3.03. The van der Waals surface area contributed by atoms with Gasteiger partial charge in [-0.05, 0) is 32.0 Å². The second-order valence-corrected chi connectivity index (χ2v) is 4.91. The monoisotopic (exact) mass is 259 g/mol. The summed E-state index contributed by atoms with van der Waals surface area (Å²) >= 11 is 0. The molecule has 1 aliphatic rings. The average Bonchev–Trinajstić information content (AvgIpc) is 2.66. The molecule has 2 aromatic rings. The number of nitrogens with zero attached hydrogens (tertiary/aromatic N) is 1. The number of rotatable bonds is 2. The van der Waals surface area contributed by atoms with Crippen molar-refractivity contribution in [2.45, 2.75) is 19.9 Å². The molecule has 1 aromatic heterocycles. The molecular formula is C15H17NO3. The molecule has 0 bridgehead atoms. The van der Waals surface area contributed by atoms with E-state index in [0.29, 0.717) is 12.4 Å². The molecule has 0 unspecified atom stereocenters. The quantitative estimate of drug-likeness (QED) is 0.777. The molecule has 4 heteroatoms. The third-order valence-corrected chi connectivity index (χ3v) is 3.55. The molecule has 3 rings (SSSR count). The maximum Gasteiger partial charge on any atom is 0.374 e. The second kappa shape index (κ2) is 4.70. The summed E-state index contributed by atoms with van der Waals surface area (Å²) in [5, 5.41) is 1.09. The number of carbonyl (C=O) groups is 1. The van der Waals surface area contributed by atoms with Gasteiger partial charge < -0.3 is 14.1 Å². The van der Waals surface area contributed by atoms with E-state index in [2.05, 4.69) is 18.0 Å². The fourth-order valence-electron chi connectivity index (χ4n) is 2.67. The predicted molar refractivity (Wildman–Crippen MR) is 72.2 cm³/mol. The molecule has 0 saturated carbocycles. The van der Waals surface area contributed by atoms with Crippen LogP contribution in [0.15, 0.2) is 22.6 Å². The molecule has 4 nitrogen and oxygen atoms in total. The number of furan rings is 1. The molecule has 0 radical (unpaired) electrons. The molecule has 100 valence electrons. The maximum absolute atomic E-state index is 12.0. The highest BCUT2D eigenvalue weighted by Crippen LogP contribution is 2.32. The van der Waals surface area contributed by atoms with Gasteiger partial charge in [0, 0.05) is 24.0 Å². The Morgan fingerprint density at radius 3 is 3.11 bits per heavy atom. The maximum atomic E-state index is 12.0. The van der Waals surface area contributed by atoms with Crippen LogP contribution in [0.5, 0.6) is 0 Å². The molecule has 0 amide bonds. The van der Waals surface area contributed by atoms with Crippen LogP contribution in [-0.4, -0.2) is 31.1 Å². The van der Waals surface area contributed by atoms with Gasteiger partial charge in [0.1, 0.15) is 5.58 Å². The van der Waals surface area contributed by atoms with E-state index >= 15 is 0 Å². The predicted octanol–water partition coefficient (Wildman–Crippen LogP) is 2.60. The molecule has 0 atom stereocenters. The van der Waals surface area contributed by atoms with E-state index in [1.807, 2.05) is 12.1 Å². The van der Waals surface area contributed by atoms with Crippen LogP contribution in [0.3, 0.4) is 0 Å². The average molecular weight is 259 g/mol. The zero-order valence-corrected chi connectivity index (χ0v) is 11.2. The summed E-state index contributed by atoms with van der Waals surface area (Å²) in [4.78, 5) is 14.2. The second-order valence-electron chi connectivity index (χ2n) is 4.91. The smallest absolute Gasteiger partial charge is 0.374 e. The van der Waals surface area contributed by atoms with Gasteiger partial charge in [0.25, 0.3) is 0 Å². The van der Waals surface area contributed by atoms with Crippen LogP contribution in [0.4, 0.5) is 0 Å². The number of likely N-dealkylation sites (N-methyl/N-ethyl adjacent to an activating group) is 1. The van der Waals surface area contributed by atoms with Gasteiger partial charge in [0.2, 0.25) is 5.76 Å². The van der Waals surface area contributed by atoms with E-state index in [1.54, 1.807) is 6.92 Å². The van der Waals surface area contributed by atoms with E-state index in [4.69, 9.17) is 9.15 Å². The van der Waals surface area contributed by atoms with Gasteiger partial charge in [0.15, 0.2) is 0 Å². The van der Waals surface area contributed by atoms with Crippen molar-refractivity contribution in [3.05, 3.63) is 35.1 Å². The minimum Gasteiger partial charge on any atom is -0.460 e. The van der Waals surface area contributed by atoms with Crippen molar-refractivity contribution >= 4 is 16.9 Å². The van der Waals surface area contributed by atoms with Gasteiger partial charge >= 0.3 is 5.97 Å². The van der Waals surface area contributed by atoms with Crippen molar-refractivity contribution in [3.8, 4) is 0 Å². The van der Waals surface area contributed by atoms with E-state index in [1.165, 1.54) is 5.56 Å². The molecule has 0 N–H and O–H groups in total. The number of ether oxygens (including phenoxy) is 1. The fourth-order valence-corrected chi connectivity index (χ4v) is 2.67. The summed E-state index contributed by atoms with van der Waals surface area (Å²) in [7, 11) is 2.06. The van der Waals surface area contributed by atoms with Crippen LogP contribution in [-0.2, 0) is 17.7 Å². The van der Waals surface area contributed by atoms with Gasteiger partial charge in [-0.3, -0.25) is 0 Å². The lowest BCUT2D eigenvalue weighted by molar-refractivity contribution is 0.0489. The zero-order valence-electron chi connectivity index (χ0n) is 11.2. The van der Waals surface area contributed by atoms with Gasteiger partial charge in [-0.1, -0.05) is 12.1 Å². The first-order valence-electron chi connectivity index (χ1n) is 6.59. The van der Waals surface area contributed by atoms with Crippen molar-refractivity contribution in [3.63, 3.8) is 0 Å². The summed E-state index contributed by atoms with van der Waals surface area (Å²) in [5.74, 6) is -0.00648. The molecular weight excluding hydrogens is 242 g/mol. The summed E-state index contributed by atoms with van der Waals surface area (Å²) in [6.45, 7) is 3.86. The minimum atomic E-state index is -0.366. The third kappa shape index (κ3) is 2.02. The lowest BCUT2D eigenvalue weighted by Gasteiger charge is -2.13. The van der Waals surface area contributed by atoms with E-state index in [9.17, 15) is 4.79 Å². The minimum absolute atomic E-state index is 0.359. The summed E-state index contributed by atoms with van der Waals surface area (Å²) in [6.07, 6.45) is 0.975. The first kappa shape index (κ1) is 12.2. The van der Waals surface area contributed by atoms with Crippen molar-refractivity contribution in [2.24, 2.45) is 0 Å². The first-order chi connectivity index (χ1) is 9.20. The highest BCUT2D eigenvalue weighted by atomic mass is 16.5. The Hall–Kier alpha value is -1.81. The number of benzene rings is 1. The highest BCUT2D eigenvalue weighted by Gasteiger charge is 2.25. The standard InChI is InChI=1S/C15H17NO3/c1-3-18-15(17)14-11-9-16(2)8-7-10-5-4-6-12(19-14)13(10)11/h4-6H,3,7-9H2,1-2H3. The number of hydrogen-bond acceptors (Lipinski definition) is 4. The Labute approximate surface area is 111 Å². The topological polar surface area (TPSA) is 42.7 Å². The van der Waals surface area contributed by atoms with E-state index < -0.39 is 0 Å². The Morgan fingerprint density at radius 2 is 2.32 bits per heavy atom. The van der Waals surface area contributed by atoms with Crippen molar-refractivity contribution in [1.82, 2.24) is 4.90 Å². The van der Waals surface area contributed by atoms with Crippen molar-refractivity contribution < 1.29 is 13.9 Å². The van der Waals surface area contributed by atoms with E-state index in [-0.39, 0.29) is 5.97 Å². The molecule has 0 aliphatic carbocycles. The summed E-state index contributed by atoms with van der Waals surface area (Å²) in [6, 6.07) is 6.00. The summed E-state index contributed by atoms with van der Waals surface area (Å²) < 4.78 is 10.8. The number of carbonyl (C=O) groups excluding carboxylic acids is 1. The Balaban J connectivity index is 2.21. The zero-order chi connectivity index (χ0) is 13.4. The van der Waals surface area contributed by atoms with Gasteiger partial charge in [-0.2, -0.15) is 0 Å². The lowest BCUT2D eigenvalue weighted by Crippen LogP contribution is -2.19. The molecule has 1 aliphatic heterocycles. The first-order valence-corrected chi connectivity index (χ1v) is 6.59. The Morgan fingerprint density at radius 1 is 1.47 bits per heavy atom. The van der Waals surface area contributed by atoms with E-state index in [0.717, 1.165) is 36.0 Å². The number of hydrogen-bond donors (Lipinski definition) is 0. The molecule has 0 fully saturated rings. The normalized spacial score (nSPS) is 15.5. The van der Waals surface area contributed by atoms with Gasteiger partial charge in [0.05, 0.1) is 6.61 Å². The summed E-state index contributed by atoms with van der Waals surface area (Å²) in [5.41, 5.74) is 2.99.